The Morgan fingerprint density at radius 1 is 0.889 bits per heavy atom. The van der Waals surface area contributed by atoms with Gasteiger partial charge in [0.15, 0.2) is 0 Å². The molecule has 144 valence electrons. The molecule has 0 aliphatic carbocycles. The molecule has 0 unspecified atom stereocenters. The normalized spacial score (nSPS) is 18.1. The lowest BCUT2D eigenvalue weighted by atomic mass is 10.1. The fraction of sp³-hybridized carbons (Fsp3) is 0.524. The third-order valence-corrected chi connectivity index (χ3v) is 5.97. The summed E-state index contributed by atoms with van der Waals surface area (Å²) in [6, 6.07) is 5.57. The second-order valence-electron chi connectivity index (χ2n) is 7.63. The zero-order valence-electron chi connectivity index (χ0n) is 15.6. The van der Waals surface area contributed by atoms with Crippen LogP contribution in [0.3, 0.4) is 0 Å². The second kappa shape index (κ2) is 7.93. The first-order valence-electron chi connectivity index (χ1n) is 9.99. The van der Waals surface area contributed by atoms with E-state index in [2.05, 4.69) is 0 Å². The Bertz CT molecular complexity index is 848. The molecular formula is C21H26ClN3O2. The molecule has 0 saturated carbocycles. The Morgan fingerprint density at radius 2 is 1.52 bits per heavy atom. The lowest BCUT2D eigenvalue weighted by Crippen LogP contribution is -2.37. The predicted octanol–water partition coefficient (Wildman–Crippen LogP) is 3.93. The Labute approximate surface area is 164 Å². The highest BCUT2D eigenvalue weighted by atomic mass is 35.5. The number of fused-ring (bicyclic) bond motifs is 1. The van der Waals surface area contributed by atoms with Gasteiger partial charge in [-0.3, -0.25) is 9.59 Å². The second-order valence-corrected chi connectivity index (χ2v) is 8.06. The highest BCUT2D eigenvalue weighted by Gasteiger charge is 2.24. The zero-order valence-corrected chi connectivity index (χ0v) is 16.4. The molecule has 1 aromatic heterocycles. The Kier molecular flexibility index (Phi) is 5.39. The molecule has 4 rings (SSSR count). The highest BCUT2D eigenvalue weighted by Crippen LogP contribution is 2.27. The molecule has 2 saturated heterocycles. The summed E-state index contributed by atoms with van der Waals surface area (Å²) in [4.78, 5) is 29.7. The van der Waals surface area contributed by atoms with E-state index in [9.17, 15) is 9.59 Å². The summed E-state index contributed by atoms with van der Waals surface area (Å²) >= 11 is 6.21. The molecule has 27 heavy (non-hydrogen) atoms. The van der Waals surface area contributed by atoms with Crippen LogP contribution in [0.1, 0.15) is 48.9 Å². The van der Waals surface area contributed by atoms with E-state index < -0.39 is 0 Å². The molecule has 0 spiro atoms. The topological polar surface area (TPSA) is 45.6 Å². The number of halogens is 1. The van der Waals surface area contributed by atoms with E-state index in [1.165, 1.54) is 12.8 Å². The highest BCUT2D eigenvalue weighted by molar-refractivity contribution is 6.31. The maximum absolute atomic E-state index is 13.1. The van der Waals surface area contributed by atoms with Gasteiger partial charge in [-0.2, -0.15) is 0 Å². The van der Waals surface area contributed by atoms with Crippen LogP contribution >= 0.6 is 11.6 Å². The first kappa shape index (κ1) is 18.4. The number of nitrogens with zero attached hydrogens (tertiary/aromatic N) is 3. The largest absolute Gasteiger partial charge is 0.341 e. The van der Waals surface area contributed by atoms with Crippen LogP contribution in [-0.4, -0.2) is 52.4 Å². The third-order valence-electron chi connectivity index (χ3n) is 5.73. The quantitative estimate of drug-likeness (QED) is 0.800. The van der Waals surface area contributed by atoms with Crippen LogP contribution in [0.25, 0.3) is 10.9 Å². The number of rotatable bonds is 3. The van der Waals surface area contributed by atoms with E-state index >= 15 is 0 Å². The molecule has 2 aliphatic rings. The fourth-order valence-electron chi connectivity index (χ4n) is 4.22. The summed E-state index contributed by atoms with van der Waals surface area (Å²) in [6.07, 6.45) is 8.49. The molecule has 0 bridgehead atoms. The molecule has 5 nitrogen and oxygen atoms in total. The zero-order chi connectivity index (χ0) is 18.8. The maximum atomic E-state index is 13.1. The van der Waals surface area contributed by atoms with Gasteiger partial charge in [-0.1, -0.05) is 17.7 Å². The van der Waals surface area contributed by atoms with Crippen LogP contribution in [0.5, 0.6) is 0 Å². The number of carbonyl (C=O) groups excluding carboxylic acids is 2. The van der Waals surface area contributed by atoms with E-state index in [1.54, 1.807) is 0 Å². The van der Waals surface area contributed by atoms with Crippen molar-refractivity contribution in [3.8, 4) is 0 Å². The van der Waals surface area contributed by atoms with Crippen molar-refractivity contribution >= 4 is 34.3 Å². The lowest BCUT2D eigenvalue weighted by Gasteiger charge is -2.27. The van der Waals surface area contributed by atoms with Crippen molar-refractivity contribution in [2.75, 3.05) is 26.2 Å². The molecular weight excluding hydrogens is 362 g/mol. The molecule has 6 heteroatoms. The SMILES string of the molecule is O=C(Cn1cc(C(=O)N2CCCCC2)c2ccc(Cl)cc21)N1CCCCC1. The fourth-order valence-corrected chi connectivity index (χ4v) is 4.39. The minimum atomic E-state index is 0.0613. The number of hydrogen-bond acceptors (Lipinski definition) is 2. The summed E-state index contributed by atoms with van der Waals surface area (Å²) in [7, 11) is 0. The third kappa shape index (κ3) is 3.84. The van der Waals surface area contributed by atoms with Gasteiger partial charge in [0.25, 0.3) is 5.91 Å². The van der Waals surface area contributed by atoms with Crippen molar-refractivity contribution in [2.45, 2.75) is 45.1 Å². The molecule has 2 aliphatic heterocycles. The van der Waals surface area contributed by atoms with E-state index in [0.29, 0.717) is 10.6 Å². The monoisotopic (exact) mass is 387 g/mol. The molecule has 0 radical (unpaired) electrons. The van der Waals surface area contributed by atoms with Crippen molar-refractivity contribution in [3.63, 3.8) is 0 Å². The van der Waals surface area contributed by atoms with Crippen molar-refractivity contribution in [1.29, 1.82) is 0 Å². The number of hydrogen-bond donors (Lipinski definition) is 0. The first-order chi connectivity index (χ1) is 13.1. The van der Waals surface area contributed by atoms with Gasteiger partial charge in [0.2, 0.25) is 5.91 Å². The predicted molar refractivity (Wildman–Crippen MR) is 107 cm³/mol. The van der Waals surface area contributed by atoms with E-state index in [4.69, 9.17) is 11.6 Å². The van der Waals surface area contributed by atoms with Gasteiger partial charge in [0.1, 0.15) is 6.54 Å². The van der Waals surface area contributed by atoms with Gasteiger partial charge < -0.3 is 14.4 Å². The standard InChI is InChI=1S/C21H26ClN3O2/c22-16-7-8-17-18(21(27)24-11-5-2-6-12-24)14-25(19(17)13-16)15-20(26)23-9-3-1-4-10-23/h7-8,13-14H,1-6,9-12,15H2. The summed E-state index contributed by atoms with van der Waals surface area (Å²) < 4.78 is 1.90. The van der Waals surface area contributed by atoms with Gasteiger partial charge in [-0.15, -0.1) is 0 Å². The minimum Gasteiger partial charge on any atom is -0.341 e. The van der Waals surface area contributed by atoms with Gasteiger partial charge in [-0.05, 0) is 50.7 Å². The number of piperidine rings is 2. The number of amides is 2. The van der Waals surface area contributed by atoms with Gasteiger partial charge in [-0.25, -0.2) is 0 Å². The molecule has 0 N–H and O–H groups in total. The minimum absolute atomic E-state index is 0.0613. The maximum Gasteiger partial charge on any atom is 0.256 e. The average Bonchev–Trinajstić information content (AvgIpc) is 3.06. The van der Waals surface area contributed by atoms with Crippen LogP contribution in [0, 0.1) is 0 Å². The Hall–Kier alpha value is -2.01. The number of aromatic nitrogens is 1. The summed E-state index contributed by atoms with van der Waals surface area (Å²) in [5.74, 6) is 0.176. The number of benzene rings is 1. The summed E-state index contributed by atoms with van der Waals surface area (Å²) in [6.45, 7) is 3.54. The smallest absolute Gasteiger partial charge is 0.256 e. The van der Waals surface area contributed by atoms with Crippen molar-refractivity contribution in [1.82, 2.24) is 14.4 Å². The summed E-state index contributed by atoms with van der Waals surface area (Å²) in [5, 5.41) is 1.49. The van der Waals surface area contributed by atoms with Crippen LogP contribution in [-0.2, 0) is 11.3 Å². The van der Waals surface area contributed by atoms with Gasteiger partial charge >= 0.3 is 0 Å². The molecule has 2 fully saturated rings. The summed E-state index contributed by atoms with van der Waals surface area (Å²) in [5.41, 5.74) is 1.53. The van der Waals surface area contributed by atoms with Crippen molar-refractivity contribution in [3.05, 3.63) is 35.0 Å². The van der Waals surface area contributed by atoms with Crippen LogP contribution < -0.4 is 0 Å². The molecule has 0 atom stereocenters. The number of carbonyl (C=O) groups is 2. The first-order valence-corrected chi connectivity index (χ1v) is 10.4. The van der Waals surface area contributed by atoms with Crippen LogP contribution in [0.2, 0.25) is 5.02 Å². The number of likely N-dealkylation sites (tertiary alicyclic amines) is 2. The molecule has 3 heterocycles. The van der Waals surface area contributed by atoms with Crippen molar-refractivity contribution < 1.29 is 9.59 Å². The lowest BCUT2D eigenvalue weighted by molar-refractivity contribution is -0.132. The van der Waals surface area contributed by atoms with E-state index in [1.807, 2.05) is 38.8 Å². The van der Waals surface area contributed by atoms with E-state index in [0.717, 1.165) is 62.8 Å². The molecule has 2 aromatic rings. The average molecular weight is 388 g/mol. The van der Waals surface area contributed by atoms with Gasteiger partial charge in [0.05, 0.1) is 11.1 Å². The molecule has 2 amide bonds. The molecule has 1 aromatic carbocycles. The Balaban J connectivity index is 1.64. The Morgan fingerprint density at radius 3 is 2.19 bits per heavy atom. The van der Waals surface area contributed by atoms with E-state index in [-0.39, 0.29) is 18.4 Å². The van der Waals surface area contributed by atoms with Crippen LogP contribution in [0.15, 0.2) is 24.4 Å². The van der Waals surface area contributed by atoms with Crippen molar-refractivity contribution in [2.24, 2.45) is 0 Å². The van der Waals surface area contributed by atoms with Gasteiger partial charge in [0, 0.05) is 42.8 Å². The van der Waals surface area contributed by atoms with Crippen LogP contribution in [0.4, 0.5) is 0 Å².